The molecule has 1 heterocycles. The number of benzene rings is 1. The van der Waals surface area contributed by atoms with Crippen LogP contribution < -0.4 is 5.32 Å². The van der Waals surface area contributed by atoms with E-state index in [-0.39, 0.29) is 17.9 Å². The first kappa shape index (κ1) is 19.8. The topological polar surface area (TPSA) is 48.5 Å². The second-order valence-corrected chi connectivity index (χ2v) is 6.55. The van der Waals surface area contributed by atoms with Crippen molar-refractivity contribution in [2.45, 2.75) is 32.5 Å². The average molecular weight is 358 g/mol. The summed E-state index contributed by atoms with van der Waals surface area (Å²) in [5, 5.41) is 3.02. The van der Waals surface area contributed by atoms with E-state index in [0.29, 0.717) is 19.6 Å². The molecule has 0 unspecified atom stereocenters. The van der Waals surface area contributed by atoms with Crippen LogP contribution in [0.1, 0.15) is 24.5 Å². The minimum atomic E-state index is -0.282. The van der Waals surface area contributed by atoms with Crippen LogP contribution in [-0.4, -0.2) is 47.5 Å². The lowest BCUT2D eigenvalue weighted by atomic mass is 10.2. The van der Waals surface area contributed by atoms with Gasteiger partial charge in [-0.2, -0.15) is 0 Å². The Balaban J connectivity index is 2.08. The van der Waals surface area contributed by atoms with E-state index >= 15 is 0 Å². The lowest BCUT2D eigenvalue weighted by Crippen LogP contribution is -2.45. The number of pyridine rings is 1. The van der Waals surface area contributed by atoms with Gasteiger partial charge in [0.25, 0.3) is 0 Å². The molecule has 0 spiro atoms. The fourth-order valence-electron chi connectivity index (χ4n) is 2.73. The molecule has 1 N–H and O–H groups in total. The molecule has 2 amide bonds. The van der Waals surface area contributed by atoms with E-state index in [0.717, 1.165) is 17.5 Å². The van der Waals surface area contributed by atoms with Gasteiger partial charge in [0.05, 0.1) is 0 Å². The third-order valence-electron chi connectivity index (χ3n) is 4.39. The number of likely N-dealkylation sites (N-methyl/N-ethyl adjacent to an activating group) is 1. The van der Waals surface area contributed by atoms with E-state index in [2.05, 4.69) is 22.1 Å². The quantitative estimate of drug-likeness (QED) is 0.788. The Morgan fingerprint density at radius 2 is 1.65 bits per heavy atom. The zero-order valence-corrected chi connectivity index (χ0v) is 15.7. The van der Waals surface area contributed by atoms with Crippen LogP contribution >= 0.6 is 0 Å². The first-order chi connectivity index (χ1) is 12.5. The number of urea groups is 1. The van der Waals surface area contributed by atoms with Crippen molar-refractivity contribution >= 4 is 6.03 Å². The van der Waals surface area contributed by atoms with E-state index in [4.69, 9.17) is 0 Å². The number of hydrogen-bond donors (Lipinski definition) is 1. The van der Waals surface area contributed by atoms with Crippen LogP contribution in [0.4, 0.5) is 9.18 Å². The monoisotopic (exact) mass is 358 g/mol. The van der Waals surface area contributed by atoms with Gasteiger partial charge < -0.3 is 15.1 Å². The van der Waals surface area contributed by atoms with Crippen molar-refractivity contribution in [1.29, 1.82) is 0 Å². The second kappa shape index (κ2) is 9.87. The van der Waals surface area contributed by atoms with E-state index in [9.17, 15) is 9.18 Å². The van der Waals surface area contributed by atoms with Crippen LogP contribution in [0.15, 0.2) is 48.8 Å². The molecule has 140 valence electrons. The van der Waals surface area contributed by atoms with Gasteiger partial charge in [-0.05, 0) is 55.9 Å². The number of carbonyl (C=O) groups is 1. The summed E-state index contributed by atoms with van der Waals surface area (Å²) in [6.07, 6.45) is 4.38. The number of carbonyl (C=O) groups excluding carboxylic acids is 1. The highest BCUT2D eigenvalue weighted by atomic mass is 19.1. The Labute approximate surface area is 154 Å². The third kappa shape index (κ3) is 6.11. The molecule has 5 nitrogen and oxygen atoms in total. The van der Waals surface area contributed by atoms with Gasteiger partial charge in [-0.1, -0.05) is 19.1 Å². The number of nitrogens with zero attached hydrogens (tertiary/aromatic N) is 3. The van der Waals surface area contributed by atoms with Crippen LogP contribution in [0, 0.1) is 5.82 Å². The summed E-state index contributed by atoms with van der Waals surface area (Å²) in [4.78, 5) is 20.6. The summed E-state index contributed by atoms with van der Waals surface area (Å²) in [5.74, 6) is -0.282. The van der Waals surface area contributed by atoms with Gasteiger partial charge in [-0.3, -0.25) is 4.98 Å². The van der Waals surface area contributed by atoms with Crippen LogP contribution in [0.5, 0.6) is 0 Å². The summed E-state index contributed by atoms with van der Waals surface area (Å²) in [6, 6.07) is 10.2. The Morgan fingerprint density at radius 1 is 1.08 bits per heavy atom. The Morgan fingerprint density at radius 3 is 2.19 bits per heavy atom. The van der Waals surface area contributed by atoms with Crippen LogP contribution in [0.3, 0.4) is 0 Å². The molecule has 0 aliphatic rings. The molecule has 26 heavy (non-hydrogen) atoms. The van der Waals surface area contributed by atoms with Crippen molar-refractivity contribution in [3.63, 3.8) is 0 Å². The number of halogens is 1. The molecular weight excluding hydrogens is 331 g/mol. The Bertz CT molecular complexity index is 676. The molecule has 0 radical (unpaired) electrons. The summed E-state index contributed by atoms with van der Waals surface area (Å²) >= 11 is 0. The minimum Gasteiger partial charge on any atom is -0.336 e. The third-order valence-corrected chi connectivity index (χ3v) is 4.39. The molecule has 0 aliphatic heterocycles. The predicted octanol–water partition coefficient (Wildman–Crippen LogP) is 3.27. The lowest BCUT2D eigenvalue weighted by Gasteiger charge is -2.27. The summed E-state index contributed by atoms with van der Waals surface area (Å²) in [6.45, 7) is 3.56. The van der Waals surface area contributed by atoms with Crippen LogP contribution in [-0.2, 0) is 13.1 Å². The van der Waals surface area contributed by atoms with Gasteiger partial charge in [-0.15, -0.1) is 0 Å². The molecule has 2 rings (SSSR count). The van der Waals surface area contributed by atoms with Crippen molar-refractivity contribution in [2.24, 2.45) is 0 Å². The molecule has 1 aromatic heterocycles. The fourth-order valence-corrected chi connectivity index (χ4v) is 2.73. The SMILES string of the molecule is CC[C@@H](CNC(=O)N(Cc1ccncc1)Cc1ccc(F)cc1)N(C)C. The first-order valence-electron chi connectivity index (χ1n) is 8.82. The molecule has 0 aliphatic carbocycles. The normalized spacial score (nSPS) is 12.0. The van der Waals surface area contributed by atoms with Crippen molar-refractivity contribution in [2.75, 3.05) is 20.6 Å². The molecule has 0 fully saturated rings. The summed E-state index contributed by atoms with van der Waals surface area (Å²) in [5.41, 5.74) is 1.88. The van der Waals surface area contributed by atoms with E-state index in [1.165, 1.54) is 12.1 Å². The minimum absolute atomic E-state index is 0.133. The van der Waals surface area contributed by atoms with Gasteiger partial charge in [0.1, 0.15) is 5.82 Å². The maximum atomic E-state index is 13.1. The molecule has 0 saturated carbocycles. The standard InChI is InChI=1S/C20H27FN4O/c1-4-19(24(2)3)13-23-20(26)25(15-17-9-11-22-12-10-17)14-16-5-7-18(21)8-6-16/h5-12,19H,4,13-15H2,1-3H3,(H,23,26)/t19-/m0/s1. The number of aromatic nitrogens is 1. The van der Waals surface area contributed by atoms with Crippen molar-refractivity contribution in [3.8, 4) is 0 Å². The largest absolute Gasteiger partial charge is 0.336 e. The Hall–Kier alpha value is -2.47. The summed E-state index contributed by atoms with van der Waals surface area (Å²) in [7, 11) is 4.02. The van der Waals surface area contributed by atoms with Gasteiger partial charge >= 0.3 is 6.03 Å². The van der Waals surface area contributed by atoms with E-state index in [1.807, 2.05) is 26.2 Å². The number of nitrogens with one attached hydrogen (secondary N) is 1. The van der Waals surface area contributed by atoms with Crippen LogP contribution in [0.25, 0.3) is 0 Å². The Kier molecular flexibility index (Phi) is 7.53. The lowest BCUT2D eigenvalue weighted by molar-refractivity contribution is 0.186. The molecule has 1 atom stereocenters. The smallest absolute Gasteiger partial charge is 0.318 e. The van der Waals surface area contributed by atoms with Gasteiger partial charge in [0.2, 0.25) is 0 Å². The van der Waals surface area contributed by atoms with Crippen LogP contribution in [0.2, 0.25) is 0 Å². The highest BCUT2D eigenvalue weighted by Gasteiger charge is 2.17. The van der Waals surface area contributed by atoms with Gasteiger partial charge in [-0.25, -0.2) is 9.18 Å². The van der Waals surface area contributed by atoms with Gasteiger partial charge in [0.15, 0.2) is 0 Å². The molecule has 6 heteroatoms. The maximum absolute atomic E-state index is 13.1. The maximum Gasteiger partial charge on any atom is 0.318 e. The number of amides is 2. The van der Waals surface area contributed by atoms with E-state index in [1.54, 1.807) is 29.4 Å². The van der Waals surface area contributed by atoms with Crippen molar-refractivity contribution in [1.82, 2.24) is 20.1 Å². The zero-order valence-electron chi connectivity index (χ0n) is 15.7. The molecular formula is C20H27FN4O. The van der Waals surface area contributed by atoms with Gasteiger partial charge in [0, 0.05) is 38.1 Å². The van der Waals surface area contributed by atoms with E-state index < -0.39 is 0 Å². The van der Waals surface area contributed by atoms with Crippen molar-refractivity contribution in [3.05, 3.63) is 65.7 Å². The summed E-state index contributed by atoms with van der Waals surface area (Å²) < 4.78 is 13.1. The fraction of sp³-hybridized carbons (Fsp3) is 0.400. The number of hydrogen-bond acceptors (Lipinski definition) is 3. The molecule has 0 saturated heterocycles. The first-order valence-corrected chi connectivity index (χ1v) is 8.82. The molecule has 0 bridgehead atoms. The highest BCUT2D eigenvalue weighted by molar-refractivity contribution is 5.74. The molecule has 1 aromatic carbocycles. The molecule has 2 aromatic rings. The highest BCUT2D eigenvalue weighted by Crippen LogP contribution is 2.11. The second-order valence-electron chi connectivity index (χ2n) is 6.55. The number of rotatable bonds is 8. The average Bonchev–Trinajstić information content (AvgIpc) is 2.64. The van der Waals surface area contributed by atoms with Crippen molar-refractivity contribution < 1.29 is 9.18 Å². The zero-order chi connectivity index (χ0) is 18.9. The predicted molar refractivity (Wildman–Crippen MR) is 101 cm³/mol.